The van der Waals surface area contributed by atoms with Gasteiger partial charge in [0.1, 0.15) is 5.82 Å². The highest BCUT2D eigenvalue weighted by Gasteiger charge is 2.45. The summed E-state index contributed by atoms with van der Waals surface area (Å²) in [5, 5.41) is 0. The summed E-state index contributed by atoms with van der Waals surface area (Å²) in [6.45, 7) is 4.33. The van der Waals surface area contributed by atoms with Crippen LogP contribution in [0, 0.1) is 5.41 Å². The Morgan fingerprint density at radius 3 is 2.60 bits per heavy atom. The number of piperidine rings is 2. The molecule has 8 heteroatoms. The zero-order chi connectivity index (χ0) is 24.4. The molecule has 180 valence electrons. The average molecular weight is 472 g/mol. The number of hydrogen-bond donors (Lipinski definition) is 2. The number of carbonyl (C=O) groups is 2. The van der Waals surface area contributed by atoms with Crippen molar-refractivity contribution in [2.45, 2.75) is 39.2 Å². The molecule has 3 heterocycles. The Hall–Kier alpha value is -3.81. The van der Waals surface area contributed by atoms with Gasteiger partial charge < -0.3 is 9.80 Å². The Morgan fingerprint density at radius 2 is 1.83 bits per heavy atom. The number of nitrogens with one attached hydrogen (secondary N) is 1. The standard InChI is InChI=1S/C27H30N6O2/c1-19(34)30-25(28)21-7-4-6-20(16-21)18-33-13-5-10-27(26(33)35)11-14-32(15-12-27)24-17-29-22-8-2-3-9-23(22)31-24/h2-4,6-9,16-17H,5,10-15,18H2,1H3,(H2,28,30,34)/p+1. The maximum absolute atomic E-state index is 13.7. The van der Waals surface area contributed by atoms with Crippen LogP contribution in [0.3, 0.4) is 0 Å². The van der Waals surface area contributed by atoms with Crippen LogP contribution in [0.1, 0.15) is 43.7 Å². The number of amidine groups is 1. The molecule has 2 fully saturated rings. The molecule has 8 nitrogen and oxygen atoms in total. The highest BCUT2D eigenvalue weighted by molar-refractivity contribution is 5.95. The van der Waals surface area contributed by atoms with Gasteiger partial charge in [0.2, 0.25) is 5.91 Å². The van der Waals surface area contributed by atoms with E-state index in [0.717, 1.165) is 73.3 Å². The molecule has 35 heavy (non-hydrogen) atoms. The topological polar surface area (TPSA) is 106 Å². The van der Waals surface area contributed by atoms with Gasteiger partial charge in [-0.15, -0.1) is 0 Å². The molecule has 2 aromatic carbocycles. The van der Waals surface area contributed by atoms with Crippen LogP contribution in [0.5, 0.6) is 0 Å². The van der Waals surface area contributed by atoms with E-state index >= 15 is 0 Å². The lowest BCUT2D eigenvalue weighted by atomic mass is 9.71. The number of para-hydroxylation sites is 2. The second-order valence-corrected chi connectivity index (χ2v) is 9.61. The van der Waals surface area contributed by atoms with Crippen molar-refractivity contribution in [3.05, 3.63) is 65.9 Å². The number of carbonyl (C=O) groups excluding carboxylic acids is 2. The fourth-order valence-corrected chi connectivity index (χ4v) is 5.35. The lowest BCUT2D eigenvalue weighted by Crippen LogP contribution is -2.78. The van der Waals surface area contributed by atoms with Gasteiger partial charge in [0.15, 0.2) is 0 Å². The molecule has 0 aliphatic carbocycles. The maximum atomic E-state index is 13.7. The van der Waals surface area contributed by atoms with Gasteiger partial charge in [-0.05, 0) is 55.5 Å². The Balaban J connectivity index is 1.27. The maximum Gasteiger partial charge on any atom is 0.304 e. The summed E-state index contributed by atoms with van der Waals surface area (Å²) in [5.41, 5.74) is 9.25. The highest BCUT2D eigenvalue weighted by Crippen LogP contribution is 2.42. The number of anilines is 1. The van der Waals surface area contributed by atoms with Gasteiger partial charge in [0.25, 0.3) is 5.84 Å². The molecule has 3 N–H and O–H groups in total. The molecule has 0 saturated carbocycles. The van der Waals surface area contributed by atoms with Crippen molar-refractivity contribution in [1.29, 1.82) is 0 Å². The monoisotopic (exact) mass is 471 g/mol. The molecule has 5 rings (SSSR count). The quantitative estimate of drug-likeness (QED) is 0.440. The first-order chi connectivity index (χ1) is 16.9. The molecule has 3 aromatic rings. The summed E-state index contributed by atoms with van der Waals surface area (Å²) in [6.07, 6.45) is 5.41. The Bertz CT molecular complexity index is 1300. The predicted molar refractivity (Wildman–Crippen MR) is 134 cm³/mol. The van der Waals surface area contributed by atoms with Crippen molar-refractivity contribution in [3.63, 3.8) is 0 Å². The van der Waals surface area contributed by atoms with Gasteiger partial charge in [-0.25, -0.2) is 14.8 Å². The van der Waals surface area contributed by atoms with Crippen LogP contribution in [0.25, 0.3) is 11.0 Å². The molecule has 1 aromatic heterocycles. The van der Waals surface area contributed by atoms with Gasteiger partial charge in [-0.1, -0.05) is 24.3 Å². The molecule has 0 unspecified atom stereocenters. The lowest BCUT2D eigenvalue weighted by Gasteiger charge is -2.46. The first-order valence-corrected chi connectivity index (χ1v) is 12.2. The molecule has 2 amide bonds. The van der Waals surface area contributed by atoms with Gasteiger partial charge in [-0.2, -0.15) is 0 Å². The normalized spacial score (nSPS) is 18.3. The summed E-state index contributed by atoms with van der Waals surface area (Å²) < 4.78 is 0. The van der Waals surface area contributed by atoms with E-state index in [9.17, 15) is 9.59 Å². The van der Waals surface area contributed by atoms with E-state index in [1.807, 2.05) is 59.6 Å². The van der Waals surface area contributed by atoms with Crippen molar-refractivity contribution in [1.82, 2.24) is 14.9 Å². The Morgan fingerprint density at radius 1 is 1.06 bits per heavy atom. The van der Waals surface area contributed by atoms with Crippen molar-refractivity contribution in [3.8, 4) is 0 Å². The molecule has 0 bridgehead atoms. The number of aromatic nitrogens is 2. The van der Waals surface area contributed by atoms with E-state index in [1.165, 1.54) is 6.92 Å². The van der Waals surface area contributed by atoms with Gasteiger partial charge >= 0.3 is 5.91 Å². The zero-order valence-corrected chi connectivity index (χ0v) is 20.0. The minimum absolute atomic E-state index is 0.206. The number of rotatable bonds is 4. The van der Waals surface area contributed by atoms with E-state index in [-0.39, 0.29) is 17.2 Å². The van der Waals surface area contributed by atoms with Crippen LogP contribution in [0.15, 0.2) is 54.7 Å². The number of hydrogen-bond acceptors (Lipinski definition) is 5. The van der Waals surface area contributed by atoms with Gasteiger partial charge in [0, 0.05) is 33.1 Å². The number of likely N-dealkylation sites (tertiary alicyclic amines) is 1. The highest BCUT2D eigenvalue weighted by atomic mass is 16.2. The summed E-state index contributed by atoms with van der Waals surface area (Å²) in [7, 11) is 0. The molecule has 0 atom stereocenters. The van der Waals surface area contributed by atoms with E-state index in [2.05, 4.69) is 14.9 Å². The molecular weight excluding hydrogens is 440 g/mol. The van der Waals surface area contributed by atoms with Crippen molar-refractivity contribution >= 4 is 34.5 Å². The number of fused-ring (bicyclic) bond motifs is 1. The second kappa shape index (κ2) is 9.44. The molecular formula is C27H31N6O2+. The largest absolute Gasteiger partial charge is 0.355 e. The number of nitrogens with two attached hydrogens (primary N) is 1. The summed E-state index contributed by atoms with van der Waals surface area (Å²) >= 11 is 0. The zero-order valence-electron chi connectivity index (χ0n) is 20.0. The molecule has 2 aliphatic rings. The minimum atomic E-state index is -0.308. The average Bonchev–Trinajstić information content (AvgIpc) is 2.87. The van der Waals surface area contributed by atoms with Gasteiger partial charge in [-0.3, -0.25) is 15.5 Å². The summed E-state index contributed by atoms with van der Waals surface area (Å²) in [5.74, 6) is 1.24. The molecule has 2 aliphatic heterocycles. The molecule has 0 radical (unpaired) electrons. The van der Waals surface area contributed by atoms with Crippen LogP contribution in [-0.4, -0.2) is 52.2 Å². The third-order valence-corrected chi connectivity index (χ3v) is 7.23. The second-order valence-electron chi connectivity index (χ2n) is 9.61. The van der Waals surface area contributed by atoms with Crippen molar-refractivity contribution in [2.24, 2.45) is 11.1 Å². The lowest BCUT2D eigenvalue weighted by molar-refractivity contribution is -0.375. The number of nitrogen functional groups attached to an aromatic ring is 1. The fourth-order valence-electron chi connectivity index (χ4n) is 5.35. The van der Waals surface area contributed by atoms with Crippen molar-refractivity contribution in [2.75, 3.05) is 24.5 Å². The van der Waals surface area contributed by atoms with E-state index in [0.29, 0.717) is 12.4 Å². The molecule has 2 saturated heterocycles. The van der Waals surface area contributed by atoms with E-state index in [4.69, 9.17) is 10.7 Å². The summed E-state index contributed by atoms with van der Waals surface area (Å²) in [6, 6.07) is 15.6. The van der Waals surface area contributed by atoms with Gasteiger partial charge in [0.05, 0.1) is 28.2 Å². The summed E-state index contributed by atoms with van der Waals surface area (Å²) in [4.78, 5) is 41.2. The smallest absolute Gasteiger partial charge is 0.304 e. The fraction of sp³-hybridized carbons (Fsp3) is 0.370. The molecule has 1 spiro atoms. The number of benzene rings is 2. The predicted octanol–water partition coefficient (Wildman–Crippen LogP) is 1.37. The minimum Gasteiger partial charge on any atom is -0.355 e. The van der Waals surface area contributed by atoms with Crippen LogP contribution in [0.4, 0.5) is 5.82 Å². The number of nitrogens with zero attached hydrogens (tertiary/aromatic N) is 4. The first kappa shape index (κ1) is 23.0. The van der Waals surface area contributed by atoms with E-state index in [1.54, 1.807) is 0 Å². The Kier molecular flexibility index (Phi) is 6.19. The number of amides is 2. The third kappa shape index (κ3) is 4.73. The first-order valence-electron chi connectivity index (χ1n) is 12.2. The van der Waals surface area contributed by atoms with Crippen LogP contribution in [-0.2, 0) is 16.1 Å². The van der Waals surface area contributed by atoms with Crippen LogP contribution < -0.4 is 15.6 Å². The SMILES string of the molecule is CC(=O)[NH+]=C(N)c1cccc(CN2CCCC3(CCN(c4cnc5ccccc5n4)CC3)C2=O)c1. The van der Waals surface area contributed by atoms with Crippen molar-refractivity contribution < 1.29 is 14.6 Å². The van der Waals surface area contributed by atoms with Crippen LogP contribution >= 0.6 is 0 Å². The van der Waals surface area contributed by atoms with E-state index < -0.39 is 0 Å². The Labute approximate surface area is 204 Å². The third-order valence-electron chi connectivity index (χ3n) is 7.23. The van der Waals surface area contributed by atoms with Crippen LogP contribution in [0.2, 0.25) is 0 Å².